The number of nitrogens with one attached hydrogen (secondary N) is 1. The fraction of sp³-hybridized carbons (Fsp3) is 0.562. The Morgan fingerprint density at radius 1 is 1.08 bits per heavy atom. The third-order valence-electron chi connectivity index (χ3n) is 4.86. The van der Waals surface area contributed by atoms with Gasteiger partial charge in [0.2, 0.25) is 15.9 Å². The van der Waals surface area contributed by atoms with Crippen LogP contribution in [0.2, 0.25) is 0 Å². The molecule has 0 radical (unpaired) electrons. The van der Waals surface area contributed by atoms with E-state index in [4.69, 9.17) is 5.14 Å². The van der Waals surface area contributed by atoms with Crippen molar-refractivity contribution in [3.05, 3.63) is 35.9 Å². The van der Waals surface area contributed by atoms with Crippen LogP contribution in [-0.2, 0) is 14.8 Å². The van der Waals surface area contributed by atoms with Crippen LogP contribution in [0.3, 0.4) is 0 Å². The monoisotopic (exact) mass is 373 g/mol. The number of nitrogens with zero attached hydrogens (tertiary/aromatic N) is 1. The van der Waals surface area contributed by atoms with E-state index < -0.39 is 15.3 Å². The number of piperidine rings is 1. The van der Waals surface area contributed by atoms with Crippen LogP contribution in [0.4, 0.5) is 0 Å². The molecule has 0 saturated carbocycles. The number of amides is 1. The van der Waals surface area contributed by atoms with Gasteiger partial charge < -0.3 is 4.90 Å². The van der Waals surface area contributed by atoms with E-state index in [0.29, 0.717) is 25.9 Å². The first-order valence-electron chi connectivity index (χ1n) is 8.06. The minimum absolute atomic E-state index is 0. The summed E-state index contributed by atoms with van der Waals surface area (Å²) in [4.78, 5) is 14.4. The molecule has 1 aromatic rings. The predicted octanol–water partition coefficient (Wildman–Crippen LogP) is 1.18. The second-order valence-corrected chi connectivity index (χ2v) is 8.22. The van der Waals surface area contributed by atoms with Crippen LogP contribution < -0.4 is 10.5 Å². The molecule has 8 heteroatoms. The average Bonchev–Trinajstić information content (AvgIpc) is 3.04. The number of primary sulfonamides is 1. The van der Waals surface area contributed by atoms with Crippen molar-refractivity contribution in [2.45, 2.75) is 43.0 Å². The minimum atomic E-state index is -3.49. The van der Waals surface area contributed by atoms with Gasteiger partial charge in [0.1, 0.15) is 0 Å². The lowest BCUT2D eigenvalue weighted by molar-refractivity contribution is -0.134. The molecule has 0 bridgehead atoms. The van der Waals surface area contributed by atoms with E-state index in [2.05, 4.69) is 17.4 Å². The molecule has 0 aromatic heterocycles. The highest BCUT2D eigenvalue weighted by atomic mass is 35.5. The highest BCUT2D eigenvalue weighted by Gasteiger charge is 2.35. The first kappa shape index (κ1) is 19.2. The first-order valence-corrected chi connectivity index (χ1v) is 9.67. The van der Waals surface area contributed by atoms with Gasteiger partial charge in [-0.05, 0) is 31.2 Å². The maximum absolute atomic E-state index is 12.6. The molecule has 1 aromatic carbocycles. The molecule has 2 fully saturated rings. The number of benzene rings is 1. The molecule has 2 aliphatic rings. The van der Waals surface area contributed by atoms with Gasteiger partial charge in [0.15, 0.2) is 0 Å². The fourth-order valence-electron chi connectivity index (χ4n) is 3.51. The zero-order valence-electron chi connectivity index (χ0n) is 13.4. The molecule has 3 N–H and O–H groups in total. The van der Waals surface area contributed by atoms with E-state index in [1.807, 2.05) is 18.2 Å². The smallest absolute Gasteiger partial charge is 0.239 e. The van der Waals surface area contributed by atoms with Crippen molar-refractivity contribution in [1.29, 1.82) is 0 Å². The second-order valence-electron chi connectivity index (χ2n) is 6.37. The number of carbonyl (C=O) groups excluding carboxylic acids is 1. The third kappa shape index (κ3) is 4.27. The predicted molar refractivity (Wildman–Crippen MR) is 95.3 cm³/mol. The van der Waals surface area contributed by atoms with Crippen LogP contribution in [0.15, 0.2) is 30.3 Å². The molecule has 0 spiro atoms. The van der Waals surface area contributed by atoms with Crippen LogP contribution in [0.1, 0.15) is 37.3 Å². The van der Waals surface area contributed by atoms with Gasteiger partial charge in [-0.25, -0.2) is 13.6 Å². The Kier molecular flexibility index (Phi) is 6.25. The second kappa shape index (κ2) is 7.82. The summed E-state index contributed by atoms with van der Waals surface area (Å²) in [7, 11) is -3.49. The van der Waals surface area contributed by atoms with Crippen molar-refractivity contribution in [2.75, 3.05) is 13.1 Å². The standard InChI is InChI=1S/C16H23N3O3S.ClH/c17-23(21,22)13-8-10-19(11-9-13)16(20)15-7-6-14(18-15)12-4-2-1-3-5-12;/h1-5,13-15,18H,6-11H2,(H2,17,21,22);1H/t14-,15-;/m1./s1. The number of likely N-dealkylation sites (tertiary alicyclic amines) is 1. The lowest BCUT2D eigenvalue weighted by Crippen LogP contribution is -2.49. The molecule has 1 amide bonds. The Hall–Kier alpha value is -1.15. The Morgan fingerprint density at radius 3 is 2.29 bits per heavy atom. The zero-order valence-corrected chi connectivity index (χ0v) is 15.1. The lowest BCUT2D eigenvalue weighted by Gasteiger charge is -2.32. The lowest BCUT2D eigenvalue weighted by atomic mass is 10.1. The fourth-order valence-corrected chi connectivity index (χ4v) is 4.38. The van der Waals surface area contributed by atoms with Crippen molar-refractivity contribution in [2.24, 2.45) is 5.14 Å². The summed E-state index contributed by atoms with van der Waals surface area (Å²) in [6, 6.07) is 10.2. The van der Waals surface area contributed by atoms with Crippen molar-refractivity contribution in [3.63, 3.8) is 0 Å². The molecule has 2 heterocycles. The molecule has 2 atom stereocenters. The Labute approximate surface area is 149 Å². The van der Waals surface area contributed by atoms with E-state index in [9.17, 15) is 13.2 Å². The molecule has 3 rings (SSSR count). The number of hydrogen-bond donors (Lipinski definition) is 2. The molecule has 24 heavy (non-hydrogen) atoms. The summed E-state index contributed by atoms with van der Waals surface area (Å²) < 4.78 is 22.8. The Balaban J connectivity index is 0.00000208. The molecule has 2 saturated heterocycles. The maximum Gasteiger partial charge on any atom is 0.239 e. The van der Waals surface area contributed by atoms with Crippen LogP contribution in [0.25, 0.3) is 0 Å². The molecule has 0 aliphatic carbocycles. The molecular weight excluding hydrogens is 350 g/mol. The molecule has 0 unspecified atom stereocenters. The quantitative estimate of drug-likeness (QED) is 0.832. The molecular formula is C16H24ClN3O3S. The molecule has 134 valence electrons. The van der Waals surface area contributed by atoms with Crippen molar-refractivity contribution >= 4 is 28.3 Å². The van der Waals surface area contributed by atoms with Gasteiger partial charge in [-0.1, -0.05) is 30.3 Å². The van der Waals surface area contributed by atoms with Gasteiger partial charge in [-0.3, -0.25) is 10.1 Å². The largest absolute Gasteiger partial charge is 0.341 e. The van der Waals surface area contributed by atoms with Gasteiger partial charge in [0.05, 0.1) is 11.3 Å². The molecule has 2 aliphatic heterocycles. The highest BCUT2D eigenvalue weighted by molar-refractivity contribution is 7.89. The molecule has 6 nitrogen and oxygen atoms in total. The van der Waals surface area contributed by atoms with Crippen LogP contribution in [0, 0.1) is 0 Å². The summed E-state index contributed by atoms with van der Waals surface area (Å²) in [6.07, 6.45) is 2.61. The Bertz CT molecular complexity index is 660. The number of carbonyl (C=O) groups is 1. The number of rotatable bonds is 3. The number of halogens is 1. The van der Waals surface area contributed by atoms with Gasteiger partial charge in [0.25, 0.3) is 0 Å². The van der Waals surface area contributed by atoms with E-state index in [-0.39, 0.29) is 30.4 Å². The summed E-state index contributed by atoms with van der Waals surface area (Å²) in [5.41, 5.74) is 1.20. The average molecular weight is 374 g/mol. The Morgan fingerprint density at radius 2 is 1.71 bits per heavy atom. The van der Waals surface area contributed by atoms with Crippen molar-refractivity contribution < 1.29 is 13.2 Å². The zero-order chi connectivity index (χ0) is 16.4. The van der Waals surface area contributed by atoms with Crippen molar-refractivity contribution in [1.82, 2.24) is 10.2 Å². The van der Waals surface area contributed by atoms with E-state index in [0.717, 1.165) is 12.8 Å². The van der Waals surface area contributed by atoms with Gasteiger partial charge in [0, 0.05) is 19.1 Å². The van der Waals surface area contributed by atoms with Gasteiger partial charge in [-0.15, -0.1) is 12.4 Å². The van der Waals surface area contributed by atoms with E-state index in [1.54, 1.807) is 4.90 Å². The number of hydrogen-bond acceptors (Lipinski definition) is 4. The minimum Gasteiger partial charge on any atom is -0.341 e. The summed E-state index contributed by atoms with van der Waals surface area (Å²) >= 11 is 0. The third-order valence-corrected chi connectivity index (χ3v) is 6.27. The number of nitrogens with two attached hydrogens (primary N) is 1. The first-order chi connectivity index (χ1) is 10.9. The topological polar surface area (TPSA) is 92.5 Å². The number of sulfonamides is 1. The van der Waals surface area contributed by atoms with Gasteiger partial charge in [-0.2, -0.15) is 0 Å². The van der Waals surface area contributed by atoms with Crippen LogP contribution in [-0.4, -0.2) is 43.6 Å². The van der Waals surface area contributed by atoms with Gasteiger partial charge >= 0.3 is 0 Å². The maximum atomic E-state index is 12.6. The summed E-state index contributed by atoms with van der Waals surface area (Å²) in [5.74, 6) is 0.0799. The normalized spacial score (nSPS) is 25.3. The van der Waals surface area contributed by atoms with Crippen molar-refractivity contribution in [3.8, 4) is 0 Å². The highest BCUT2D eigenvalue weighted by Crippen LogP contribution is 2.28. The summed E-state index contributed by atoms with van der Waals surface area (Å²) in [5, 5.41) is 8.09. The summed E-state index contributed by atoms with van der Waals surface area (Å²) in [6.45, 7) is 0.933. The van der Waals surface area contributed by atoms with E-state index in [1.165, 1.54) is 5.56 Å². The van der Waals surface area contributed by atoms with Crippen LogP contribution in [0.5, 0.6) is 0 Å². The van der Waals surface area contributed by atoms with Crippen LogP contribution >= 0.6 is 12.4 Å². The van der Waals surface area contributed by atoms with E-state index >= 15 is 0 Å². The SMILES string of the molecule is Cl.NS(=O)(=O)C1CCN(C(=O)[C@H]2CC[C@H](c3ccccc3)N2)CC1.